The van der Waals surface area contributed by atoms with E-state index in [0.717, 1.165) is 0 Å². The van der Waals surface area contributed by atoms with Crippen LogP contribution in [-0.2, 0) is 4.57 Å². The van der Waals surface area contributed by atoms with Gasteiger partial charge in [0, 0.05) is 0 Å². The Morgan fingerprint density at radius 2 is 2.00 bits per heavy atom. The van der Waals surface area contributed by atoms with Gasteiger partial charge in [0.05, 0.1) is 11.4 Å². The number of anilines is 2. The van der Waals surface area contributed by atoms with Crippen LogP contribution < -0.4 is 11.1 Å². The van der Waals surface area contributed by atoms with E-state index in [1.807, 2.05) is 0 Å². The summed E-state index contributed by atoms with van der Waals surface area (Å²) in [5, 5.41) is 2.56. The summed E-state index contributed by atoms with van der Waals surface area (Å²) in [6.07, 6.45) is -0.402. The van der Waals surface area contributed by atoms with Gasteiger partial charge in [0.25, 0.3) is 0 Å². The van der Waals surface area contributed by atoms with Gasteiger partial charge in [-0.25, -0.2) is 0 Å². The first kappa shape index (κ1) is 10.1. The third kappa shape index (κ3) is 3.46. The van der Waals surface area contributed by atoms with Crippen molar-refractivity contribution in [2.75, 3.05) is 17.3 Å². The largest absolute Gasteiger partial charge is 0.397 e. The molecule has 0 unspecified atom stereocenters. The fourth-order valence-corrected chi connectivity index (χ4v) is 1.22. The van der Waals surface area contributed by atoms with Gasteiger partial charge in [-0.2, -0.15) is 0 Å². The molecule has 6 heteroatoms. The zero-order valence-electron chi connectivity index (χ0n) is 6.84. The average molecular weight is 202 g/mol. The molecule has 0 fully saturated rings. The minimum absolute atomic E-state index is 0.402. The molecule has 0 aliphatic heterocycles. The van der Waals surface area contributed by atoms with Crippen LogP contribution >= 0.6 is 7.60 Å². The predicted molar refractivity (Wildman–Crippen MR) is 51.4 cm³/mol. The van der Waals surface area contributed by atoms with E-state index in [-0.39, 0.29) is 0 Å². The summed E-state index contributed by atoms with van der Waals surface area (Å²) < 4.78 is 10.5. The van der Waals surface area contributed by atoms with Crippen LogP contribution in [0.3, 0.4) is 0 Å². The lowest BCUT2D eigenvalue weighted by atomic mass is 10.3. The van der Waals surface area contributed by atoms with E-state index < -0.39 is 13.9 Å². The molecule has 1 rings (SSSR count). The van der Waals surface area contributed by atoms with Gasteiger partial charge in [-0.15, -0.1) is 0 Å². The molecule has 1 aromatic carbocycles. The van der Waals surface area contributed by atoms with Crippen LogP contribution in [0.15, 0.2) is 24.3 Å². The Bertz CT molecular complexity index is 336. The van der Waals surface area contributed by atoms with Crippen molar-refractivity contribution < 1.29 is 14.4 Å². The highest BCUT2D eigenvalue weighted by atomic mass is 31.2. The van der Waals surface area contributed by atoms with Crippen molar-refractivity contribution in [2.45, 2.75) is 0 Å². The van der Waals surface area contributed by atoms with Gasteiger partial charge in [-0.1, -0.05) is 12.1 Å². The average Bonchev–Trinajstić information content (AvgIpc) is 2.01. The molecular formula is C7H11N2O3P. The molecule has 72 valence electrons. The number of hydrogen-bond donors (Lipinski definition) is 4. The van der Waals surface area contributed by atoms with Gasteiger partial charge in [-0.3, -0.25) is 4.57 Å². The second-order valence-electron chi connectivity index (χ2n) is 2.59. The quantitative estimate of drug-likeness (QED) is 0.429. The number of para-hydroxylation sites is 2. The van der Waals surface area contributed by atoms with E-state index in [2.05, 4.69) is 5.32 Å². The summed E-state index contributed by atoms with van der Waals surface area (Å²) in [6, 6.07) is 6.80. The van der Waals surface area contributed by atoms with Crippen molar-refractivity contribution >= 4 is 19.0 Å². The van der Waals surface area contributed by atoms with Crippen molar-refractivity contribution in [3.63, 3.8) is 0 Å². The number of nitrogens with two attached hydrogens (primary N) is 1. The SMILES string of the molecule is Nc1ccccc1NCP(=O)(O)O. The van der Waals surface area contributed by atoms with E-state index in [1.54, 1.807) is 24.3 Å². The summed E-state index contributed by atoms with van der Waals surface area (Å²) in [5.41, 5.74) is 6.54. The topological polar surface area (TPSA) is 95.6 Å². The van der Waals surface area contributed by atoms with E-state index in [1.165, 1.54) is 0 Å². The normalized spacial score (nSPS) is 11.2. The zero-order chi connectivity index (χ0) is 9.90. The Morgan fingerprint density at radius 3 is 2.54 bits per heavy atom. The fraction of sp³-hybridized carbons (Fsp3) is 0.143. The fourth-order valence-electron chi connectivity index (χ4n) is 0.846. The van der Waals surface area contributed by atoms with Gasteiger partial charge in [0.15, 0.2) is 0 Å². The molecule has 0 aliphatic rings. The third-order valence-electron chi connectivity index (χ3n) is 1.44. The third-order valence-corrected chi connectivity index (χ3v) is 2.01. The van der Waals surface area contributed by atoms with Gasteiger partial charge in [0.1, 0.15) is 6.29 Å². The first-order valence-electron chi connectivity index (χ1n) is 3.62. The monoisotopic (exact) mass is 202 g/mol. The number of hydrogen-bond acceptors (Lipinski definition) is 3. The van der Waals surface area contributed by atoms with Crippen LogP contribution in [0.1, 0.15) is 0 Å². The van der Waals surface area contributed by atoms with Crippen LogP contribution in [0, 0.1) is 0 Å². The number of nitrogens with one attached hydrogen (secondary N) is 1. The molecule has 0 aliphatic carbocycles. The lowest BCUT2D eigenvalue weighted by molar-refractivity contribution is 0.375. The van der Waals surface area contributed by atoms with Gasteiger partial charge in [0.2, 0.25) is 0 Å². The van der Waals surface area contributed by atoms with E-state index in [4.69, 9.17) is 15.5 Å². The molecule has 1 aromatic rings. The lowest BCUT2D eigenvalue weighted by Gasteiger charge is -2.09. The van der Waals surface area contributed by atoms with Crippen LogP contribution in [0.25, 0.3) is 0 Å². The second-order valence-corrected chi connectivity index (χ2v) is 4.23. The predicted octanol–water partition coefficient (Wildman–Crippen LogP) is 0.816. The molecule has 0 heterocycles. The molecule has 0 saturated heterocycles. The summed E-state index contributed by atoms with van der Waals surface area (Å²) in [6.45, 7) is 0. The molecule has 5 N–H and O–H groups in total. The highest BCUT2D eigenvalue weighted by Gasteiger charge is 2.12. The maximum Gasteiger partial charge on any atom is 0.344 e. The zero-order valence-corrected chi connectivity index (χ0v) is 7.74. The molecule has 5 nitrogen and oxygen atoms in total. The first-order chi connectivity index (χ1) is 5.99. The molecule has 0 saturated carbocycles. The summed E-state index contributed by atoms with van der Waals surface area (Å²) in [7, 11) is -4.02. The molecule has 0 aromatic heterocycles. The van der Waals surface area contributed by atoms with Crippen LogP contribution in [-0.4, -0.2) is 16.1 Å². The number of benzene rings is 1. The van der Waals surface area contributed by atoms with Crippen molar-refractivity contribution in [3.8, 4) is 0 Å². The molecular weight excluding hydrogens is 191 g/mol. The van der Waals surface area contributed by atoms with Gasteiger partial charge >= 0.3 is 7.60 Å². The van der Waals surface area contributed by atoms with E-state index in [9.17, 15) is 4.57 Å². The maximum absolute atomic E-state index is 10.5. The molecule has 0 atom stereocenters. The summed E-state index contributed by atoms with van der Waals surface area (Å²) in [4.78, 5) is 17.2. The Morgan fingerprint density at radius 1 is 1.38 bits per heavy atom. The van der Waals surface area contributed by atoms with Crippen LogP contribution in [0.5, 0.6) is 0 Å². The van der Waals surface area contributed by atoms with E-state index in [0.29, 0.717) is 11.4 Å². The summed E-state index contributed by atoms with van der Waals surface area (Å²) >= 11 is 0. The van der Waals surface area contributed by atoms with Crippen molar-refractivity contribution in [1.82, 2.24) is 0 Å². The Balaban J connectivity index is 2.65. The molecule has 0 spiro atoms. The maximum atomic E-state index is 10.5. The Kier molecular flexibility index (Phi) is 2.93. The molecule has 0 bridgehead atoms. The standard InChI is InChI=1S/C7H11N2O3P/c8-6-3-1-2-4-7(6)9-5-13(10,11)12/h1-4,9H,5,8H2,(H2,10,11,12). The van der Waals surface area contributed by atoms with E-state index >= 15 is 0 Å². The first-order valence-corrected chi connectivity index (χ1v) is 5.42. The molecule has 13 heavy (non-hydrogen) atoms. The second kappa shape index (κ2) is 3.79. The van der Waals surface area contributed by atoms with Crippen molar-refractivity contribution in [1.29, 1.82) is 0 Å². The Hall–Kier alpha value is -1.03. The summed E-state index contributed by atoms with van der Waals surface area (Å²) in [5.74, 6) is 0. The van der Waals surface area contributed by atoms with Gasteiger partial charge < -0.3 is 20.8 Å². The minimum atomic E-state index is -4.02. The van der Waals surface area contributed by atoms with Crippen molar-refractivity contribution in [3.05, 3.63) is 24.3 Å². The lowest BCUT2D eigenvalue weighted by Crippen LogP contribution is -2.04. The van der Waals surface area contributed by atoms with Crippen LogP contribution in [0.4, 0.5) is 11.4 Å². The minimum Gasteiger partial charge on any atom is -0.397 e. The smallest absolute Gasteiger partial charge is 0.344 e. The number of nitrogen functional groups attached to an aromatic ring is 1. The van der Waals surface area contributed by atoms with Gasteiger partial charge in [-0.05, 0) is 12.1 Å². The molecule has 0 radical (unpaired) electrons. The highest BCUT2D eigenvalue weighted by Crippen LogP contribution is 2.34. The van der Waals surface area contributed by atoms with Crippen molar-refractivity contribution in [2.24, 2.45) is 0 Å². The Labute approximate surface area is 75.7 Å². The highest BCUT2D eigenvalue weighted by molar-refractivity contribution is 7.51. The van der Waals surface area contributed by atoms with Crippen LogP contribution in [0.2, 0.25) is 0 Å². The molecule has 0 amide bonds. The number of rotatable bonds is 3.